The summed E-state index contributed by atoms with van der Waals surface area (Å²) in [6, 6.07) is 7.35. The third kappa shape index (κ3) is 6.97. The van der Waals surface area contributed by atoms with Gasteiger partial charge in [0.1, 0.15) is 12.7 Å². The molecular formula is C15H24N2O4. The molecule has 118 valence electrons. The van der Waals surface area contributed by atoms with Gasteiger partial charge < -0.3 is 25.2 Å². The first-order valence-electron chi connectivity index (χ1n) is 6.97. The number of amides is 1. The van der Waals surface area contributed by atoms with Crippen LogP contribution in [0.2, 0.25) is 0 Å². The van der Waals surface area contributed by atoms with Crippen LogP contribution in [0.15, 0.2) is 24.3 Å². The van der Waals surface area contributed by atoms with E-state index in [9.17, 15) is 9.90 Å². The van der Waals surface area contributed by atoms with Crippen molar-refractivity contribution in [3.63, 3.8) is 0 Å². The molecule has 0 bridgehead atoms. The van der Waals surface area contributed by atoms with E-state index in [-0.39, 0.29) is 31.6 Å². The standard InChI is InChI=1S/C15H24N2O4/c1-11(2)17-15(19)9-16-8-12(18)10-21-14-7-5-4-6-13(14)20-3/h4-7,11-12,16,18H,8-10H2,1-3H3,(H,17,19). The van der Waals surface area contributed by atoms with Crippen molar-refractivity contribution >= 4 is 5.91 Å². The average Bonchev–Trinajstić information content (AvgIpc) is 2.44. The summed E-state index contributed by atoms with van der Waals surface area (Å²) in [6.07, 6.45) is -0.707. The second kappa shape index (κ2) is 9.20. The Labute approximate surface area is 125 Å². The van der Waals surface area contributed by atoms with E-state index in [1.807, 2.05) is 26.0 Å². The van der Waals surface area contributed by atoms with Gasteiger partial charge in [-0.25, -0.2) is 0 Å². The topological polar surface area (TPSA) is 79.8 Å². The molecule has 1 aromatic rings. The van der Waals surface area contributed by atoms with Gasteiger partial charge in [0.15, 0.2) is 11.5 Å². The number of aliphatic hydroxyl groups is 1. The fourth-order valence-corrected chi connectivity index (χ4v) is 1.71. The highest BCUT2D eigenvalue weighted by Crippen LogP contribution is 2.25. The first-order chi connectivity index (χ1) is 10.0. The van der Waals surface area contributed by atoms with Gasteiger partial charge in [0.2, 0.25) is 5.91 Å². The van der Waals surface area contributed by atoms with E-state index in [1.54, 1.807) is 19.2 Å². The Bertz CT molecular complexity index is 437. The van der Waals surface area contributed by atoms with Crippen LogP contribution in [0.5, 0.6) is 11.5 Å². The van der Waals surface area contributed by atoms with Crippen LogP contribution in [-0.4, -0.2) is 50.0 Å². The predicted molar refractivity (Wildman–Crippen MR) is 80.6 cm³/mol. The molecule has 0 spiro atoms. The normalized spacial score (nSPS) is 12.0. The van der Waals surface area contributed by atoms with Crippen LogP contribution in [0.25, 0.3) is 0 Å². The van der Waals surface area contributed by atoms with Gasteiger partial charge in [-0.05, 0) is 26.0 Å². The SMILES string of the molecule is COc1ccccc1OCC(O)CNCC(=O)NC(C)C. The van der Waals surface area contributed by atoms with Gasteiger partial charge in [-0.2, -0.15) is 0 Å². The number of carbonyl (C=O) groups excluding carboxylic acids is 1. The molecule has 1 aromatic carbocycles. The van der Waals surface area contributed by atoms with Crippen molar-refractivity contribution in [1.82, 2.24) is 10.6 Å². The molecule has 21 heavy (non-hydrogen) atoms. The molecule has 0 aliphatic carbocycles. The summed E-state index contributed by atoms with van der Waals surface area (Å²) in [7, 11) is 1.56. The number of ether oxygens (including phenoxy) is 2. The van der Waals surface area contributed by atoms with Crippen LogP contribution in [0.1, 0.15) is 13.8 Å². The Balaban J connectivity index is 2.25. The third-order valence-corrected chi connectivity index (χ3v) is 2.62. The smallest absolute Gasteiger partial charge is 0.234 e. The Morgan fingerprint density at radius 1 is 1.29 bits per heavy atom. The van der Waals surface area contributed by atoms with E-state index < -0.39 is 6.10 Å². The molecule has 0 aliphatic rings. The number of benzene rings is 1. The average molecular weight is 296 g/mol. The lowest BCUT2D eigenvalue weighted by atomic mass is 10.3. The quantitative estimate of drug-likeness (QED) is 0.620. The minimum atomic E-state index is -0.707. The second-order valence-electron chi connectivity index (χ2n) is 4.97. The highest BCUT2D eigenvalue weighted by atomic mass is 16.5. The molecule has 0 radical (unpaired) electrons. The van der Waals surface area contributed by atoms with Crippen molar-refractivity contribution in [2.45, 2.75) is 26.0 Å². The molecule has 6 heteroatoms. The molecular weight excluding hydrogens is 272 g/mol. The number of para-hydroxylation sites is 2. The fourth-order valence-electron chi connectivity index (χ4n) is 1.71. The Morgan fingerprint density at radius 3 is 2.57 bits per heavy atom. The van der Waals surface area contributed by atoms with E-state index in [1.165, 1.54) is 0 Å². The lowest BCUT2D eigenvalue weighted by Gasteiger charge is -2.15. The molecule has 1 atom stereocenters. The Morgan fingerprint density at radius 2 is 1.95 bits per heavy atom. The summed E-state index contributed by atoms with van der Waals surface area (Å²) in [5.74, 6) is 1.11. The van der Waals surface area contributed by atoms with Crippen molar-refractivity contribution in [2.24, 2.45) is 0 Å². The lowest BCUT2D eigenvalue weighted by Crippen LogP contribution is -2.41. The Hall–Kier alpha value is -1.79. The summed E-state index contributed by atoms with van der Waals surface area (Å²) in [4.78, 5) is 11.4. The second-order valence-corrected chi connectivity index (χ2v) is 4.97. The minimum Gasteiger partial charge on any atom is -0.493 e. The summed E-state index contributed by atoms with van der Waals surface area (Å²) in [5, 5.41) is 15.4. The number of hydrogen-bond acceptors (Lipinski definition) is 5. The summed E-state index contributed by atoms with van der Waals surface area (Å²) < 4.78 is 10.6. The summed E-state index contributed by atoms with van der Waals surface area (Å²) in [6.45, 7) is 4.37. The zero-order valence-corrected chi connectivity index (χ0v) is 12.8. The predicted octanol–water partition coefficient (Wildman–Crippen LogP) is 0.549. The molecule has 0 heterocycles. The van der Waals surface area contributed by atoms with E-state index in [0.29, 0.717) is 11.5 Å². The number of aliphatic hydroxyl groups excluding tert-OH is 1. The van der Waals surface area contributed by atoms with Gasteiger partial charge in [0.05, 0.1) is 13.7 Å². The maximum Gasteiger partial charge on any atom is 0.234 e. The third-order valence-electron chi connectivity index (χ3n) is 2.62. The van der Waals surface area contributed by atoms with Crippen LogP contribution in [-0.2, 0) is 4.79 Å². The molecule has 0 aliphatic heterocycles. The molecule has 0 saturated heterocycles. The number of nitrogens with one attached hydrogen (secondary N) is 2. The number of carbonyl (C=O) groups is 1. The van der Waals surface area contributed by atoms with Crippen molar-refractivity contribution in [1.29, 1.82) is 0 Å². The number of hydrogen-bond donors (Lipinski definition) is 3. The van der Waals surface area contributed by atoms with Crippen LogP contribution in [0, 0.1) is 0 Å². The van der Waals surface area contributed by atoms with Crippen molar-refractivity contribution in [3.05, 3.63) is 24.3 Å². The number of methoxy groups -OCH3 is 1. The molecule has 0 saturated carbocycles. The van der Waals surface area contributed by atoms with Gasteiger partial charge in [0, 0.05) is 12.6 Å². The van der Waals surface area contributed by atoms with E-state index >= 15 is 0 Å². The molecule has 3 N–H and O–H groups in total. The summed E-state index contributed by atoms with van der Waals surface area (Å²) in [5.41, 5.74) is 0. The highest BCUT2D eigenvalue weighted by molar-refractivity contribution is 5.78. The zero-order chi connectivity index (χ0) is 15.7. The van der Waals surface area contributed by atoms with E-state index in [4.69, 9.17) is 9.47 Å². The maximum atomic E-state index is 11.4. The van der Waals surface area contributed by atoms with Gasteiger partial charge in [-0.15, -0.1) is 0 Å². The first-order valence-corrected chi connectivity index (χ1v) is 6.97. The zero-order valence-electron chi connectivity index (χ0n) is 12.8. The summed E-state index contributed by atoms with van der Waals surface area (Å²) >= 11 is 0. The van der Waals surface area contributed by atoms with Crippen LogP contribution in [0.4, 0.5) is 0 Å². The van der Waals surface area contributed by atoms with Gasteiger partial charge in [-0.3, -0.25) is 4.79 Å². The van der Waals surface area contributed by atoms with Crippen LogP contribution >= 0.6 is 0 Å². The Kier molecular flexibility index (Phi) is 7.56. The van der Waals surface area contributed by atoms with Gasteiger partial charge in [0.25, 0.3) is 0 Å². The minimum absolute atomic E-state index is 0.0946. The molecule has 1 unspecified atom stereocenters. The highest BCUT2D eigenvalue weighted by Gasteiger charge is 2.09. The van der Waals surface area contributed by atoms with Crippen molar-refractivity contribution in [3.8, 4) is 11.5 Å². The molecule has 6 nitrogen and oxygen atoms in total. The fraction of sp³-hybridized carbons (Fsp3) is 0.533. The van der Waals surface area contributed by atoms with Crippen molar-refractivity contribution < 1.29 is 19.4 Å². The van der Waals surface area contributed by atoms with Gasteiger partial charge >= 0.3 is 0 Å². The monoisotopic (exact) mass is 296 g/mol. The van der Waals surface area contributed by atoms with E-state index in [2.05, 4.69) is 10.6 Å². The van der Waals surface area contributed by atoms with E-state index in [0.717, 1.165) is 0 Å². The van der Waals surface area contributed by atoms with Crippen LogP contribution < -0.4 is 20.1 Å². The lowest BCUT2D eigenvalue weighted by molar-refractivity contribution is -0.120. The molecule has 0 fully saturated rings. The van der Waals surface area contributed by atoms with Gasteiger partial charge in [-0.1, -0.05) is 12.1 Å². The largest absolute Gasteiger partial charge is 0.493 e. The number of rotatable bonds is 9. The first kappa shape index (κ1) is 17.3. The maximum absolute atomic E-state index is 11.4. The van der Waals surface area contributed by atoms with Crippen molar-refractivity contribution in [2.75, 3.05) is 26.8 Å². The van der Waals surface area contributed by atoms with Crippen LogP contribution in [0.3, 0.4) is 0 Å². The molecule has 1 rings (SSSR count). The molecule has 0 aromatic heterocycles. The molecule has 1 amide bonds.